The minimum Gasteiger partial charge on any atom is -0.299 e. The lowest BCUT2D eigenvalue weighted by molar-refractivity contribution is -0.136. The zero-order valence-electron chi connectivity index (χ0n) is 7.33. The van der Waals surface area contributed by atoms with E-state index in [-0.39, 0.29) is 23.4 Å². The van der Waals surface area contributed by atoms with Gasteiger partial charge in [0.15, 0.2) is 5.78 Å². The summed E-state index contributed by atoms with van der Waals surface area (Å²) >= 11 is 0. The van der Waals surface area contributed by atoms with Crippen LogP contribution < -0.4 is 0 Å². The Hall–Kier alpha value is -0.920. The van der Waals surface area contributed by atoms with Crippen LogP contribution in [-0.4, -0.2) is 11.6 Å². The molecule has 3 atom stereocenters. The molecule has 0 heterocycles. The van der Waals surface area contributed by atoms with Crippen LogP contribution in [0.25, 0.3) is 0 Å². The van der Waals surface area contributed by atoms with Gasteiger partial charge in [0.25, 0.3) is 0 Å². The van der Waals surface area contributed by atoms with Crippen LogP contribution in [0.4, 0.5) is 0 Å². The van der Waals surface area contributed by atoms with E-state index >= 15 is 0 Å². The summed E-state index contributed by atoms with van der Waals surface area (Å²) in [6.07, 6.45) is 4.31. The van der Waals surface area contributed by atoms with Crippen LogP contribution in [0.3, 0.4) is 0 Å². The normalized spacial score (nSPS) is 45.5. The largest absolute Gasteiger partial charge is 0.299 e. The predicted molar refractivity (Wildman–Crippen MR) is 44.5 cm³/mol. The molecule has 12 heavy (non-hydrogen) atoms. The second kappa shape index (κ2) is 2.06. The Morgan fingerprint density at radius 1 is 1.42 bits per heavy atom. The lowest BCUT2D eigenvalue weighted by Gasteiger charge is -2.28. The van der Waals surface area contributed by atoms with Gasteiger partial charge in [0.05, 0.1) is 5.41 Å². The van der Waals surface area contributed by atoms with E-state index in [4.69, 9.17) is 0 Å². The Morgan fingerprint density at radius 2 is 2.08 bits per heavy atom. The zero-order chi connectivity index (χ0) is 8.93. The summed E-state index contributed by atoms with van der Waals surface area (Å²) in [6, 6.07) is 0. The first kappa shape index (κ1) is 7.71. The van der Waals surface area contributed by atoms with Crippen LogP contribution in [0.1, 0.15) is 20.3 Å². The molecule has 2 aliphatic rings. The Balaban J connectivity index is 2.55. The Kier molecular flexibility index (Phi) is 1.33. The van der Waals surface area contributed by atoms with Crippen LogP contribution in [0.5, 0.6) is 0 Å². The molecule has 0 unspecified atom stereocenters. The summed E-state index contributed by atoms with van der Waals surface area (Å²) in [6.45, 7) is 3.72. The van der Waals surface area contributed by atoms with Crippen molar-refractivity contribution in [1.29, 1.82) is 0 Å². The maximum absolute atomic E-state index is 11.7. The van der Waals surface area contributed by atoms with E-state index in [1.54, 1.807) is 6.92 Å². The fourth-order valence-electron chi connectivity index (χ4n) is 2.15. The van der Waals surface area contributed by atoms with Gasteiger partial charge in [0.2, 0.25) is 0 Å². The van der Waals surface area contributed by atoms with Crippen LogP contribution in [-0.2, 0) is 9.59 Å². The fraction of sp³-hybridized carbons (Fsp3) is 0.600. The highest BCUT2D eigenvalue weighted by Gasteiger charge is 2.54. The van der Waals surface area contributed by atoms with Crippen molar-refractivity contribution < 1.29 is 9.59 Å². The SMILES string of the molecule is C[C@H]1C=C[C@H]2CC(=O)[C@]1(C)C2=O. The second-order valence-electron chi connectivity index (χ2n) is 3.97. The van der Waals surface area contributed by atoms with E-state index in [1.165, 1.54) is 0 Å². The fourth-order valence-corrected chi connectivity index (χ4v) is 2.15. The molecule has 0 spiro atoms. The summed E-state index contributed by atoms with van der Waals surface area (Å²) in [5.74, 6) is 0.215. The van der Waals surface area contributed by atoms with Gasteiger partial charge < -0.3 is 0 Å². The molecule has 0 radical (unpaired) electrons. The van der Waals surface area contributed by atoms with Crippen molar-refractivity contribution in [2.24, 2.45) is 17.3 Å². The first-order chi connectivity index (χ1) is 5.56. The summed E-state index contributed by atoms with van der Waals surface area (Å²) in [4.78, 5) is 23.2. The molecular formula is C10H12O2. The van der Waals surface area contributed by atoms with Gasteiger partial charge in [-0.25, -0.2) is 0 Å². The topological polar surface area (TPSA) is 34.1 Å². The smallest absolute Gasteiger partial charge is 0.153 e. The van der Waals surface area contributed by atoms with Crippen molar-refractivity contribution in [2.75, 3.05) is 0 Å². The van der Waals surface area contributed by atoms with E-state index in [9.17, 15) is 9.59 Å². The molecule has 0 amide bonds. The summed E-state index contributed by atoms with van der Waals surface area (Å²) in [7, 11) is 0. The molecule has 0 saturated heterocycles. The molecule has 2 rings (SSSR count). The minimum absolute atomic E-state index is 0.0799. The number of hydrogen-bond donors (Lipinski definition) is 0. The average molecular weight is 164 g/mol. The van der Waals surface area contributed by atoms with Gasteiger partial charge in [0.1, 0.15) is 5.78 Å². The number of fused-ring (bicyclic) bond motifs is 2. The van der Waals surface area contributed by atoms with Gasteiger partial charge in [-0.3, -0.25) is 9.59 Å². The van der Waals surface area contributed by atoms with Crippen molar-refractivity contribution in [1.82, 2.24) is 0 Å². The number of Topliss-reactive ketones (excluding diaryl/α,β-unsaturated/α-hetero) is 2. The molecule has 0 aromatic rings. The van der Waals surface area contributed by atoms with Crippen molar-refractivity contribution in [3.05, 3.63) is 12.2 Å². The van der Waals surface area contributed by atoms with Gasteiger partial charge >= 0.3 is 0 Å². The third kappa shape index (κ3) is 0.655. The highest BCUT2D eigenvalue weighted by molar-refractivity contribution is 6.15. The molecule has 0 N–H and O–H groups in total. The number of carbonyl (C=O) groups excluding carboxylic acids is 2. The molecule has 2 aliphatic carbocycles. The van der Waals surface area contributed by atoms with Crippen molar-refractivity contribution in [2.45, 2.75) is 20.3 Å². The van der Waals surface area contributed by atoms with Crippen molar-refractivity contribution in [3.8, 4) is 0 Å². The highest BCUT2D eigenvalue weighted by Crippen LogP contribution is 2.45. The first-order valence-electron chi connectivity index (χ1n) is 4.32. The summed E-state index contributed by atoms with van der Waals surface area (Å²) < 4.78 is 0. The molecule has 0 aromatic heterocycles. The van der Waals surface area contributed by atoms with E-state index in [2.05, 4.69) is 0 Å². The molecule has 64 valence electrons. The molecule has 2 bridgehead atoms. The van der Waals surface area contributed by atoms with Gasteiger partial charge in [-0.05, 0) is 12.8 Å². The molecule has 1 saturated carbocycles. The Morgan fingerprint density at radius 3 is 2.67 bits per heavy atom. The molecule has 2 heteroatoms. The number of ketones is 2. The quantitative estimate of drug-likeness (QED) is 0.400. The number of allylic oxidation sites excluding steroid dienone is 2. The number of hydrogen-bond acceptors (Lipinski definition) is 2. The van der Waals surface area contributed by atoms with Crippen molar-refractivity contribution in [3.63, 3.8) is 0 Å². The maximum atomic E-state index is 11.7. The molecule has 0 aliphatic heterocycles. The number of carbonyl (C=O) groups is 2. The van der Waals surface area contributed by atoms with E-state index in [0.29, 0.717) is 6.42 Å². The van der Waals surface area contributed by atoms with Crippen LogP contribution >= 0.6 is 0 Å². The van der Waals surface area contributed by atoms with Gasteiger partial charge in [0, 0.05) is 12.3 Å². The Bertz CT molecular complexity index is 290. The van der Waals surface area contributed by atoms with Crippen LogP contribution in [0, 0.1) is 17.3 Å². The lowest BCUT2D eigenvalue weighted by Crippen LogP contribution is -2.38. The first-order valence-corrected chi connectivity index (χ1v) is 4.32. The maximum Gasteiger partial charge on any atom is 0.153 e. The zero-order valence-corrected chi connectivity index (χ0v) is 7.33. The molecule has 0 aromatic carbocycles. The van der Waals surface area contributed by atoms with Gasteiger partial charge in [-0.15, -0.1) is 0 Å². The molecule has 2 nitrogen and oxygen atoms in total. The van der Waals surface area contributed by atoms with E-state index in [1.807, 2.05) is 19.1 Å². The summed E-state index contributed by atoms with van der Waals surface area (Å²) in [5.41, 5.74) is -0.695. The number of rotatable bonds is 0. The monoisotopic (exact) mass is 164 g/mol. The minimum atomic E-state index is -0.695. The standard InChI is InChI=1S/C10H12O2/c1-6-3-4-7-5-8(11)10(6,2)9(7)12/h3-4,6-7H,5H2,1-2H3/t6-,7-,10+/m0/s1. The highest BCUT2D eigenvalue weighted by atomic mass is 16.2. The molecule has 1 fully saturated rings. The molecular weight excluding hydrogens is 152 g/mol. The van der Waals surface area contributed by atoms with Crippen molar-refractivity contribution >= 4 is 11.6 Å². The second-order valence-corrected chi connectivity index (χ2v) is 3.97. The van der Waals surface area contributed by atoms with Gasteiger partial charge in [-0.2, -0.15) is 0 Å². The van der Waals surface area contributed by atoms with Crippen LogP contribution in [0.15, 0.2) is 12.2 Å². The summed E-state index contributed by atoms with van der Waals surface area (Å²) in [5, 5.41) is 0. The Labute approximate surface area is 71.6 Å². The van der Waals surface area contributed by atoms with Crippen LogP contribution in [0.2, 0.25) is 0 Å². The third-order valence-corrected chi connectivity index (χ3v) is 3.38. The van der Waals surface area contributed by atoms with E-state index in [0.717, 1.165) is 0 Å². The predicted octanol–water partition coefficient (Wildman–Crippen LogP) is 1.36. The average Bonchev–Trinajstić information content (AvgIpc) is 2.17. The van der Waals surface area contributed by atoms with E-state index < -0.39 is 5.41 Å². The van der Waals surface area contributed by atoms with Gasteiger partial charge in [-0.1, -0.05) is 19.1 Å². The lowest BCUT2D eigenvalue weighted by atomic mass is 9.72. The third-order valence-electron chi connectivity index (χ3n) is 3.38.